The molecule has 3 nitrogen and oxygen atoms in total. The summed E-state index contributed by atoms with van der Waals surface area (Å²) in [5.74, 6) is 1.38. The number of nitrogens with zero attached hydrogens (tertiary/aromatic N) is 1. The number of anilines is 1. The van der Waals surface area contributed by atoms with Crippen molar-refractivity contribution in [3.63, 3.8) is 0 Å². The lowest BCUT2D eigenvalue weighted by Gasteiger charge is -2.35. The van der Waals surface area contributed by atoms with Crippen molar-refractivity contribution < 1.29 is 4.79 Å². The third kappa shape index (κ3) is 3.75. The molecular weight excluding hydrogens is 248 g/mol. The lowest BCUT2D eigenvalue weighted by Crippen LogP contribution is -2.42. The van der Waals surface area contributed by atoms with Gasteiger partial charge in [0.1, 0.15) is 0 Å². The lowest BCUT2D eigenvalue weighted by atomic mass is 9.91. The van der Waals surface area contributed by atoms with Gasteiger partial charge in [-0.3, -0.25) is 4.79 Å². The van der Waals surface area contributed by atoms with E-state index in [2.05, 4.69) is 26.1 Å². The van der Waals surface area contributed by atoms with Crippen molar-refractivity contribution in [1.29, 1.82) is 0 Å². The molecule has 1 aromatic carbocycles. The van der Waals surface area contributed by atoms with Crippen molar-refractivity contribution in [3.8, 4) is 0 Å². The van der Waals surface area contributed by atoms with Gasteiger partial charge in [0.2, 0.25) is 0 Å². The molecule has 0 saturated carbocycles. The van der Waals surface area contributed by atoms with Crippen LogP contribution in [0, 0.1) is 11.8 Å². The van der Waals surface area contributed by atoms with Gasteiger partial charge in [-0.2, -0.15) is 0 Å². The maximum Gasteiger partial charge on any atom is 0.253 e. The van der Waals surface area contributed by atoms with Gasteiger partial charge in [0.05, 0.1) is 0 Å². The number of benzene rings is 1. The molecule has 110 valence electrons. The van der Waals surface area contributed by atoms with Gasteiger partial charge in [-0.15, -0.1) is 0 Å². The van der Waals surface area contributed by atoms with E-state index >= 15 is 0 Å². The molecule has 2 rings (SSSR count). The number of amides is 1. The number of likely N-dealkylation sites (tertiary alicyclic amines) is 1. The summed E-state index contributed by atoms with van der Waals surface area (Å²) in [6.07, 6.45) is 2.33. The normalized spacial score (nSPS) is 22.6. The maximum absolute atomic E-state index is 12.5. The van der Waals surface area contributed by atoms with Crippen LogP contribution in [-0.4, -0.2) is 30.4 Å². The standard InChI is InChI=1S/C17H26N2O/c1-4-9-18-16-7-5-15(6-8-16)17(20)19-11-13(2)10-14(3)12-19/h5-8,13-14,18H,4,9-12H2,1-3H3. The fraction of sp³-hybridized carbons (Fsp3) is 0.588. The van der Waals surface area contributed by atoms with Crippen LogP contribution < -0.4 is 5.32 Å². The second-order valence-corrected chi connectivity index (χ2v) is 6.16. The molecule has 0 spiro atoms. The van der Waals surface area contributed by atoms with E-state index in [1.54, 1.807) is 0 Å². The zero-order chi connectivity index (χ0) is 14.5. The van der Waals surface area contributed by atoms with Gasteiger partial charge in [0.25, 0.3) is 5.91 Å². The number of carbonyl (C=O) groups excluding carboxylic acids is 1. The minimum atomic E-state index is 0.172. The highest BCUT2D eigenvalue weighted by Crippen LogP contribution is 2.22. The van der Waals surface area contributed by atoms with E-state index in [4.69, 9.17) is 0 Å². The number of piperidine rings is 1. The highest BCUT2D eigenvalue weighted by atomic mass is 16.2. The average Bonchev–Trinajstić information content (AvgIpc) is 2.44. The summed E-state index contributed by atoms with van der Waals surface area (Å²) in [7, 11) is 0. The van der Waals surface area contributed by atoms with Crippen molar-refractivity contribution in [2.45, 2.75) is 33.6 Å². The number of rotatable bonds is 4. The van der Waals surface area contributed by atoms with E-state index in [1.807, 2.05) is 29.2 Å². The first-order valence-electron chi connectivity index (χ1n) is 7.73. The van der Waals surface area contributed by atoms with Gasteiger partial charge in [-0.05, 0) is 48.9 Å². The van der Waals surface area contributed by atoms with Crippen molar-refractivity contribution in [1.82, 2.24) is 4.90 Å². The van der Waals surface area contributed by atoms with Crippen LogP contribution in [0.1, 0.15) is 44.0 Å². The Morgan fingerprint density at radius 3 is 2.35 bits per heavy atom. The first-order valence-corrected chi connectivity index (χ1v) is 7.73. The Hall–Kier alpha value is -1.51. The Morgan fingerprint density at radius 1 is 1.20 bits per heavy atom. The number of carbonyl (C=O) groups is 1. The molecule has 1 aliphatic rings. The molecule has 0 aromatic heterocycles. The Labute approximate surface area is 122 Å². The smallest absolute Gasteiger partial charge is 0.253 e. The summed E-state index contributed by atoms with van der Waals surface area (Å²) in [5.41, 5.74) is 1.89. The Kier molecular flexibility index (Phi) is 5.05. The van der Waals surface area contributed by atoms with Crippen LogP contribution in [0.5, 0.6) is 0 Å². The quantitative estimate of drug-likeness (QED) is 0.909. The van der Waals surface area contributed by atoms with Gasteiger partial charge in [0, 0.05) is 30.9 Å². The third-order valence-corrected chi connectivity index (χ3v) is 3.87. The summed E-state index contributed by atoms with van der Waals surface area (Å²) in [6.45, 7) is 9.34. The van der Waals surface area contributed by atoms with Crippen LogP contribution in [0.15, 0.2) is 24.3 Å². The minimum absolute atomic E-state index is 0.172. The Bertz CT molecular complexity index is 431. The molecule has 1 fully saturated rings. The first-order chi connectivity index (χ1) is 9.60. The fourth-order valence-electron chi connectivity index (χ4n) is 3.01. The maximum atomic E-state index is 12.5. The van der Waals surface area contributed by atoms with Crippen LogP contribution in [0.3, 0.4) is 0 Å². The van der Waals surface area contributed by atoms with Gasteiger partial charge in [0.15, 0.2) is 0 Å². The van der Waals surface area contributed by atoms with E-state index in [0.29, 0.717) is 11.8 Å². The lowest BCUT2D eigenvalue weighted by molar-refractivity contribution is 0.0623. The van der Waals surface area contributed by atoms with Gasteiger partial charge < -0.3 is 10.2 Å². The van der Waals surface area contributed by atoms with Crippen LogP contribution in [0.25, 0.3) is 0 Å². The van der Waals surface area contributed by atoms with Crippen LogP contribution >= 0.6 is 0 Å². The molecule has 1 saturated heterocycles. The van der Waals surface area contributed by atoms with E-state index in [0.717, 1.165) is 37.3 Å². The molecule has 2 unspecified atom stereocenters. The second kappa shape index (κ2) is 6.78. The fourth-order valence-corrected chi connectivity index (χ4v) is 3.01. The molecule has 3 heteroatoms. The SMILES string of the molecule is CCCNc1ccc(C(=O)N2CC(C)CC(C)C2)cc1. The van der Waals surface area contributed by atoms with Crippen molar-refractivity contribution in [2.75, 3.05) is 25.0 Å². The highest BCUT2D eigenvalue weighted by Gasteiger charge is 2.25. The number of hydrogen-bond donors (Lipinski definition) is 1. The third-order valence-electron chi connectivity index (χ3n) is 3.87. The predicted octanol–water partition coefficient (Wildman–Crippen LogP) is 3.63. The summed E-state index contributed by atoms with van der Waals surface area (Å²) in [4.78, 5) is 14.5. The predicted molar refractivity (Wildman–Crippen MR) is 84.1 cm³/mol. The first kappa shape index (κ1) is 14.9. The minimum Gasteiger partial charge on any atom is -0.385 e. The van der Waals surface area contributed by atoms with Crippen molar-refractivity contribution >= 4 is 11.6 Å². The molecule has 1 amide bonds. The second-order valence-electron chi connectivity index (χ2n) is 6.16. The topological polar surface area (TPSA) is 32.3 Å². The number of hydrogen-bond acceptors (Lipinski definition) is 2. The molecule has 0 radical (unpaired) electrons. The summed E-state index contributed by atoms with van der Waals surface area (Å²) >= 11 is 0. The Balaban J connectivity index is 2.01. The van der Waals surface area contributed by atoms with E-state index in [9.17, 15) is 4.79 Å². The average molecular weight is 274 g/mol. The highest BCUT2D eigenvalue weighted by molar-refractivity contribution is 5.94. The van der Waals surface area contributed by atoms with Crippen molar-refractivity contribution in [3.05, 3.63) is 29.8 Å². The summed E-state index contributed by atoms with van der Waals surface area (Å²) < 4.78 is 0. The van der Waals surface area contributed by atoms with Crippen LogP contribution in [-0.2, 0) is 0 Å². The molecule has 1 aliphatic heterocycles. The van der Waals surface area contributed by atoms with Gasteiger partial charge in [-0.1, -0.05) is 20.8 Å². The van der Waals surface area contributed by atoms with E-state index < -0.39 is 0 Å². The van der Waals surface area contributed by atoms with Gasteiger partial charge in [-0.25, -0.2) is 0 Å². The molecule has 0 bridgehead atoms. The summed E-state index contributed by atoms with van der Waals surface area (Å²) in [5, 5.41) is 3.33. The molecule has 2 atom stereocenters. The zero-order valence-corrected chi connectivity index (χ0v) is 12.9. The monoisotopic (exact) mass is 274 g/mol. The molecule has 1 N–H and O–H groups in total. The van der Waals surface area contributed by atoms with E-state index in [1.165, 1.54) is 6.42 Å². The van der Waals surface area contributed by atoms with E-state index in [-0.39, 0.29) is 5.91 Å². The van der Waals surface area contributed by atoms with Crippen LogP contribution in [0.2, 0.25) is 0 Å². The molecule has 1 aromatic rings. The van der Waals surface area contributed by atoms with Gasteiger partial charge >= 0.3 is 0 Å². The zero-order valence-electron chi connectivity index (χ0n) is 12.9. The Morgan fingerprint density at radius 2 is 1.80 bits per heavy atom. The summed E-state index contributed by atoms with van der Waals surface area (Å²) in [6, 6.07) is 7.87. The largest absolute Gasteiger partial charge is 0.385 e. The van der Waals surface area contributed by atoms with Crippen LogP contribution in [0.4, 0.5) is 5.69 Å². The molecule has 20 heavy (non-hydrogen) atoms. The number of nitrogens with one attached hydrogen (secondary N) is 1. The molecule has 0 aliphatic carbocycles. The molecule has 1 heterocycles. The van der Waals surface area contributed by atoms with Crippen molar-refractivity contribution in [2.24, 2.45) is 11.8 Å². The molecular formula is C17H26N2O.